The summed E-state index contributed by atoms with van der Waals surface area (Å²) in [5.74, 6) is 3.39. The highest BCUT2D eigenvalue weighted by Crippen LogP contribution is 2.14. The number of thioether (sulfide) groups is 1. The summed E-state index contributed by atoms with van der Waals surface area (Å²) in [6.45, 7) is 4.51. The molecule has 0 bridgehead atoms. The number of carbonyl (C=O) groups excluding carboxylic acids is 1. The molecule has 0 amide bonds. The first-order chi connectivity index (χ1) is 8.24. The van der Waals surface area contributed by atoms with Gasteiger partial charge in [-0.15, -0.1) is 0 Å². The van der Waals surface area contributed by atoms with Crippen molar-refractivity contribution in [3.8, 4) is 0 Å². The molecule has 0 aromatic heterocycles. The van der Waals surface area contributed by atoms with Crippen LogP contribution >= 0.6 is 11.8 Å². The minimum atomic E-state index is 0.273. The highest BCUT2D eigenvalue weighted by Gasteiger charge is 2.04. The molecule has 0 aliphatic carbocycles. The summed E-state index contributed by atoms with van der Waals surface area (Å²) in [6.07, 6.45) is 2.92. The summed E-state index contributed by atoms with van der Waals surface area (Å²) >= 11 is 1.97. The molecule has 0 saturated carbocycles. The van der Waals surface area contributed by atoms with Crippen LogP contribution in [0.2, 0.25) is 0 Å². The lowest BCUT2D eigenvalue weighted by Crippen LogP contribution is -2.00. The number of carbonyl (C=O) groups is 1. The molecule has 0 aliphatic heterocycles. The van der Waals surface area contributed by atoms with Gasteiger partial charge in [0.05, 0.1) is 0 Å². The van der Waals surface area contributed by atoms with Gasteiger partial charge in [-0.1, -0.05) is 50.6 Å². The van der Waals surface area contributed by atoms with E-state index in [4.69, 9.17) is 0 Å². The van der Waals surface area contributed by atoms with Gasteiger partial charge in [-0.25, -0.2) is 0 Å². The number of hydrogen-bond donors (Lipinski definition) is 0. The maximum Gasteiger partial charge on any atom is 0.162 e. The van der Waals surface area contributed by atoms with Gasteiger partial charge in [0.25, 0.3) is 0 Å². The van der Waals surface area contributed by atoms with Crippen LogP contribution in [0.5, 0.6) is 0 Å². The second-order valence-corrected chi connectivity index (χ2v) is 5.63. The van der Waals surface area contributed by atoms with Crippen LogP contribution in [0.1, 0.15) is 43.5 Å². The molecule has 17 heavy (non-hydrogen) atoms. The minimum Gasteiger partial charge on any atom is -0.294 e. The van der Waals surface area contributed by atoms with Crippen LogP contribution in [0.15, 0.2) is 30.3 Å². The summed E-state index contributed by atoms with van der Waals surface area (Å²) in [4.78, 5) is 11.8. The van der Waals surface area contributed by atoms with Gasteiger partial charge in [-0.3, -0.25) is 4.79 Å². The first-order valence-corrected chi connectivity index (χ1v) is 7.55. The molecule has 0 spiro atoms. The largest absolute Gasteiger partial charge is 0.294 e. The van der Waals surface area contributed by atoms with Crippen molar-refractivity contribution in [3.05, 3.63) is 35.9 Å². The smallest absolute Gasteiger partial charge is 0.162 e. The van der Waals surface area contributed by atoms with Crippen molar-refractivity contribution in [2.24, 2.45) is 5.92 Å². The van der Waals surface area contributed by atoms with Gasteiger partial charge < -0.3 is 0 Å². The van der Waals surface area contributed by atoms with Crippen molar-refractivity contribution < 1.29 is 4.79 Å². The van der Waals surface area contributed by atoms with E-state index >= 15 is 0 Å². The van der Waals surface area contributed by atoms with Gasteiger partial charge in [0.2, 0.25) is 0 Å². The van der Waals surface area contributed by atoms with Gasteiger partial charge in [0.15, 0.2) is 5.78 Å². The third kappa shape index (κ3) is 5.92. The van der Waals surface area contributed by atoms with Crippen molar-refractivity contribution >= 4 is 17.5 Å². The quantitative estimate of drug-likeness (QED) is 0.501. The fourth-order valence-electron chi connectivity index (χ4n) is 1.51. The van der Waals surface area contributed by atoms with Crippen LogP contribution in [0, 0.1) is 5.92 Å². The maximum absolute atomic E-state index is 11.8. The molecule has 2 heteroatoms. The standard InChI is InChI=1S/C15H22OS/c1-3-13(2)12-17-11-7-10-15(16)14-8-5-4-6-9-14/h4-6,8-9,13H,3,7,10-12H2,1-2H3. The summed E-state index contributed by atoms with van der Waals surface area (Å²) in [6, 6.07) is 9.58. The Labute approximate surface area is 109 Å². The van der Waals surface area contributed by atoms with Gasteiger partial charge in [0.1, 0.15) is 0 Å². The number of hydrogen-bond acceptors (Lipinski definition) is 2. The van der Waals surface area contributed by atoms with Gasteiger partial charge >= 0.3 is 0 Å². The number of benzene rings is 1. The third-order valence-corrected chi connectivity index (χ3v) is 4.27. The lowest BCUT2D eigenvalue weighted by atomic mass is 10.1. The first-order valence-electron chi connectivity index (χ1n) is 6.40. The van der Waals surface area contributed by atoms with E-state index in [9.17, 15) is 4.79 Å². The Morgan fingerprint density at radius 1 is 1.29 bits per heavy atom. The van der Waals surface area contributed by atoms with E-state index in [0.29, 0.717) is 6.42 Å². The Morgan fingerprint density at radius 3 is 2.65 bits per heavy atom. The molecule has 1 rings (SSSR count). The predicted octanol–water partition coefficient (Wildman–Crippen LogP) is 4.43. The second-order valence-electron chi connectivity index (χ2n) is 4.48. The van der Waals surface area contributed by atoms with Crippen LogP contribution in [-0.2, 0) is 0 Å². The molecule has 1 nitrogen and oxygen atoms in total. The predicted molar refractivity (Wildman–Crippen MR) is 76.8 cm³/mol. The van der Waals surface area contributed by atoms with Crippen LogP contribution in [-0.4, -0.2) is 17.3 Å². The maximum atomic E-state index is 11.8. The van der Waals surface area contributed by atoms with Crippen LogP contribution < -0.4 is 0 Å². The van der Waals surface area contributed by atoms with Crippen LogP contribution in [0.25, 0.3) is 0 Å². The van der Waals surface area contributed by atoms with E-state index in [1.807, 2.05) is 42.1 Å². The van der Waals surface area contributed by atoms with Crippen molar-refractivity contribution in [2.45, 2.75) is 33.1 Å². The van der Waals surface area contributed by atoms with Crippen LogP contribution in [0.3, 0.4) is 0 Å². The van der Waals surface area contributed by atoms with Crippen molar-refractivity contribution in [2.75, 3.05) is 11.5 Å². The van der Waals surface area contributed by atoms with E-state index < -0.39 is 0 Å². The van der Waals surface area contributed by atoms with E-state index in [1.54, 1.807) is 0 Å². The molecule has 0 heterocycles. The van der Waals surface area contributed by atoms with E-state index in [0.717, 1.165) is 23.7 Å². The van der Waals surface area contributed by atoms with E-state index in [1.165, 1.54) is 12.2 Å². The molecule has 0 radical (unpaired) electrons. The summed E-state index contributed by atoms with van der Waals surface area (Å²) in [5.41, 5.74) is 0.847. The molecule has 1 atom stereocenters. The Hall–Kier alpha value is -0.760. The average Bonchev–Trinajstić information content (AvgIpc) is 2.38. The molecule has 0 saturated heterocycles. The molecule has 0 fully saturated rings. The SMILES string of the molecule is CCC(C)CSCCCC(=O)c1ccccc1. The summed E-state index contributed by atoms with van der Waals surface area (Å²) in [7, 11) is 0. The lowest BCUT2D eigenvalue weighted by molar-refractivity contribution is 0.0982. The Kier molecular flexibility index (Phi) is 7.02. The highest BCUT2D eigenvalue weighted by atomic mass is 32.2. The van der Waals surface area contributed by atoms with Crippen molar-refractivity contribution in [1.29, 1.82) is 0 Å². The number of Topliss-reactive ketones (excluding diaryl/α,β-unsaturated/α-hetero) is 1. The fourth-order valence-corrected chi connectivity index (χ4v) is 2.66. The van der Waals surface area contributed by atoms with Gasteiger partial charge in [-0.2, -0.15) is 11.8 Å². The number of ketones is 1. The summed E-state index contributed by atoms with van der Waals surface area (Å²) in [5, 5.41) is 0. The zero-order chi connectivity index (χ0) is 12.5. The van der Waals surface area contributed by atoms with Gasteiger partial charge in [0, 0.05) is 12.0 Å². The van der Waals surface area contributed by atoms with Crippen molar-refractivity contribution in [1.82, 2.24) is 0 Å². The monoisotopic (exact) mass is 250 g/mol. The third-order valence-electron chi connectivity index (χ3n) is 2.89. The highest BCUT2D eigenvalue weighted by molar-refractivity contribution is 7.99. The lowest BCUT2D eigenvalue weighted by Gasteiger charge is -2.07. The topological polar surface area (TPSA) is 17.1 Å². The summed E-state index contributed by atoms with van der Waals surface area (Å²) < 4.78 is 0. The molecule has 1 aromatic rings. The molecule has 1 aromatic carbocycles. The molecule has 1 unspecified atom stereocenters. The molecule has 94 valence electrons. The molecule has 0 aliphatic rings. The second kappa shape index (κ2) is 8.35. The average molecular weight is 250 g/mol. The fraction of sp³-hybridized carbons (Fsp3) is 0.533. The van der Waals surface area contributed by atoms with Crippen LogP contribution in [0.4, 0.5) is 0 Å². The minimum absolute atomic E-state index is 0.273. The Balaban J connectivity index is 2.13. The van der Waals surface area contributed by atoms with Gasteiger partial charge in [-0.05, 0) is 23.8 Å². The first kappa shape index (κ1) is 14.3. The molecule has 0 N–H and O–H groups in total. The zero-order valence-electron chi connectivity index (χ0n) is 10.8. The Morgan fingerprint density at radius 2 is 2.00 bits per heavy atom. The zero-order valence-corrected chi connectivity index (χ0v) is 11.6. The molecular weight excluding hydrogens is 228 g/mol. The van der Waals surface area contributed by atoms with E-state index in [-0.39, 0.29) is 5.78 Å². The van der Waals surface area contributed by atoms with Crippen molar-refractivity contribution in [3.63, 3.8) is 0 Å². The Bertz CT molecular complexity index is 321. The van der Waals surface area contributed by atoms with E-state index in [2.05, 4.69) is 13.8 Å². The number of rotatable bonds is 8. The molecular formula is C15H22OS. The normalized spacial score (nSPS) is 12.4.